The quantitative estimate of drug-likeness (QED) is 0.372. The number of nitrogens with one attached hydrogen (secondary N) is 1. The molecule has 1 aromatic rings. The summed E-state index contributed by atoms with van der Waals surface area (Å²) >= 11 is 0. The molecule has 0 spiro atoms. The van der Waals surface area contributed by atoms with Gasteiger partial charge in [0.1, 0.15) is 5.69 Å². The fourth-order valence-electron chi connectivity index (χ4n) is 2.61. The molecule has 1 aliphatic rings. The van der Waals surface area contributed by atoms with Gasteiger partial charge in [0, 0.05) is 11.8 Å². The number of allylic oxidation sites excluding steroid dienone is 2. The predicted molar refractivity (Wildman–Crippen MR) is 77.4 cm³/mol. The molecule has 6 nitrogen and oxygen atoms in total. The van der Waals surface area contributed by atoms with Crippen molar-refractivity contribution in [3.63, 3.8) is 0 Å². The SMILES string of the molecule is C=CCC1(CC=C)C(=O)Nc2cc(N)c([N+](=O)[O-])cc21. The van der Waals surface area contributed by atoms with E-state index in [9.17, 15) is 14.9 Å². The minimum absolute atomic E-state index is 0.0297. The minimum atomic E-state index is -0.892. The molecule has 0 unspecified atom stereocenters. The molecular formula is C14H15N3O3. The van der Waals surface area contributed by atoms with Gasteiger partial charge in [-0.25, -0.2) is 0 Å². The Labute approximate surface area is 116 Å². The van der Waals surface area contributed by atoms with Crippen LogP contribution in [0.25, 0.3) is 0 Å². The van der Waals surface area contributed by atoms with Crippen molar-refractivity contribution < 1.29 is 9.72 Å². The molecule has 0 bridgehead atoms. The Morgan fingerprint density at radius 2 is 1.95 bits per heavy atom. The Morgan fingerprint density at radius 3 is 2.45 bits per heavy atom. The van der Waals surface area contributed by atoms with E-state index in [0.29, 0.717) is 24.1 Å². The summed E-state index contributed by atoms with van der Waals surface area (Å²) in [5.41, 5.74) is 5.67. The summed E-state index contributed by atoms with van der Waals surface area (Å²) in [5, 5.41) is 13.7. The number of hydrogen-bond donors (Lipinski definition) is 2. The molecule has 3 N–H and O–H groups in total. The number of nitrogens with two attached hydrogens (primary N) is 1. The van der Waals surface area contributed by atoms with Crippen LogP contribution in [0.4, 0.5) is 17.1 Å². The minimum Gasteiger partial charge on any atom is -0.393 e. The van der Waals surface area contributed by atoms with Crippen molar-refractivity contribution in [2.75, 3.05) is 11.1 Å². The first-order valence-corrected chi connectivity index (χ1v) is 6.08. The molecule has 20 heavy (non-hydrogen) atoms. The van der Waals surface area contributed by atoms with E-state index < -0.39 is 10.3 Å². The van der Waals surface area contributed by atoms with E-state index in [0.717, 1.165) is 0 Å². The van der Waals surface area contributed by atoms with Gasteiger partial charge in [-0.3, -0.25) is 14.9 Å². The standard InChI is InChI=1S/C14H15N3O3/c1-3-5-14(6-4-2)9-7-12(17(19)20)10(15)8-11(9)16-13(14)18/h3-4,7-8H,1-2,5-6,15H2,(H,16,18). The number of rotatable bonds is 5. The highest BCUT2D eigenvalue weighted by atomic mass is 16.6. The third-order valence-electron chi connectivity index (χ3n) is 3.55. The number of carbonyl (C=O) groups is 1. The average molecular weight is 273 g/mol. The van der Waals surface area contributed by atoms with Gasteiger partial charge in [0.25, 0.3) is 5.69 Å². The van der Waals surface area contributed by atoms with E-state index in [2.05, 4.69) is 18.5 Å². The Morgan fingerprint density at radius 1 is 1.35 bits per heavy atom. The average Bonchev–Trinajstić information content (AvgIpc) is 2.61. The van der Waals surface area contributed by atoms with Crippen LogP contribution in [-0.2, 0) is 10.2 Å². The van der Waals surface area contributed by atoms with Crippen LogP contribution in [0.2, 0.25) is 0 Å². The number of carbonyl (C=O) groups excluding carboxylic acids is 1. The number of anilines is 2. The summed E-state index contributed by atoms with van der Waals surface area (Å²) in [6, 6.07) is 2.80. The van der Waals surface area contributed by atoms with Crippen molar-refractivity contribution >= 4 is 23.0 Å². The van der Waals surface area contributed by atoms with Gasteiger partial charge in [-0.15, -0.1) is 13.2 Å². The van der Waals surface area contributed by atoms with Crippen molar-refractivity contribution in [1.29, 1.82) is 0 Å². The lowest BCUT2D eigenvalue weighted by Gasteiger charge is -2.24. The summed E-state index contributed by atoms with van der Waals surface area (Å²) in [6.07, 6.45) is 4.00. The van der Waals surface area contributed by atoms with Crippen molar-refractivity contribution in [3.8, 4) is 0 Å². The molecule has 0 radical (unpaired) electrons. The summed E-state index contributed by atoms with van der Waals surface area (Å²) < 4.78 is 0. The maximum Gasteiger partial charge on any atom is 0.292 e. The Kier molecular flexibility index (Phi) is 3.31. The second kappa shape index (κ2) is 4.80. The van der Waals surface area contributed by atoms with Crippen molar-refractivity contribution in [3.05, 3.63) is 53.1 Å². The zero-order valence-electron chi connectivity index (χ0n) is 10.9. The maximum atomic E-state index is 12.3. The fourth-order valence-corrected chi connectivity index (χ4v) is 2.61. The Balaban J connectivity index is 2.68. The number of fused-ring (bicyclic) bond motifs is 1. The molecule has 104 valence electrons. The van der Waals surface area contributed by atoms with E-state index in [4.69, 9.17) is 5.73 Å². The first-order valence-electron chi connectivity index (χ1n) is 6.08. The monoisotopic (exact) mass is 273 g/mol. The lowest BCUT2D eigenvalue weighted by Crippen LogP contribution is -2.33. The van der Waals surface area contributed by atoms with Crippen molar-refractivity contribution in [1.82, 2.24) is 0 Å². The lowest BCUT2D eigenvalue weighted by atomic mass is 9.75. The van der Waals surface area contributed by atoms with Gasteiger partial charge in [0.15, 0.2) is 0 Å². The molecule has 0 aliphatic carbocycles. The topological polar surface area (TPSA) is 98.3 Å². The molecule has 0 atom stereocenters. The molecule has 1 aromatic carbocycles. The Bertz CT molecular complexity index is 612. The van der Waals surface area contributed by atoms with Gasteiger partial charge in [-0.1, -0.05) is 12.2 Å². The smallest absolute Gasteiger partial charge is 0.292 e. The highest BCUT2D eigenvalue weighted by molar-refractivity contribution is 6.07. The van der Waals surface area contributed by atoms with Crippen LogP contribution in [0.15, 0.2) is 37.4 Å². The number of hydrogen-bond acceptors (Lipinski definition) is 4. The number of amides is 1. The summed E-state index contributed by atoms with van der Waals surface area (Å²) in [6.45, 7) is 7.32. The highest BCUT2D eigenvalue weighted by Gasteiger charge is 2.46. The second-order valence-corrected chi connectivity index (χ2v) is 4.74. The first kappa shape index (κ1) is 13.8. The predicted octanol–water partition coefficient (Wildman–Crippen LogP) is 2.52. The van der Waals surface area contributed by atoms with Crippen LogP contribution >= 0.6 is 0 Å². The zero-order valence-corrected chi connectivity index (χ0v) is 10.9. The van der Waals surface area contributed by atoms with Crippen molar-refractivity contribution in [2.24, 2.45) is 0 Å². The van der Waals surface area contributed by atoms with Crippen LogP contribution in [0, 0.1) is 10.1 Å². The summed E-state index contributed by atoms with van der Waals surface area (Å²) in [5.74, 6) is -0.216. The number of nitro groups is 1. The van der Waals surface area contributed by atoms with Gasteiger partial charge >= 0.3 is 0 Å². The zero-order chi connectivity index (χ0) is 14.9. The number of nitrogen functional groups attached to an aromatic ring is 1. The summed E-state index contributed by atoms with van der Waals surface area (Å²) in [7, 11) is 0. The third kappa shape index (κ3) is 1.85. The van der Waals surface area contributed by atoms with E-state index >= 15 is 0 Å². The number of nitrogens with zero attached hydrogens (tertiary/aromatic N) is 1. The van der Waals surface area contributed by atoms with Gasteiger partial charge in [0.05, 0.1) is 10.3 Å². The van der Waals surface area contributed by atoms with Gasteiger partial charge < -0.3 is 11.1 Å². The molecule has 6 heteroatoms. The molecule has 0 aromatic heterocycles. The van der Waals surface area contributed by atoms with Gasteiger partial charge in [-0.2, -0.15) is 0 Å². The van der Waals surface area contributed by atoms with Crippen LogP contribution in [0.5, 0.6) is 0 Å². The van der Waals surface area contributed by atoms with E-state index in [1.165, 1.54) is 12.1 Å². The molecule has 1 heterocycles. The maximum absolute atomic E-state index is 12.3. The molecule has 0 saturated heterocycles. The molecular weight excluding hydrogens is 258 g/mol. The van der Waals surface area contributed by atoms with Gasteiger partial charge in [-0.05, 0) is 24.5 Å². The number of nitro benzene ring substituents is 1. The second-order valence-electron chi connectivity index (χ2n) is 4.74. The van der Waals surface area contributed by atoms with Crippen LogP contribution in [0.3, 0.4) is 0 Å². The van der Waals surface area contributed by atoms with Crippen molar-refractivity contribution in [2.45, 2.75) is 18.3 Å². The normalized spacial score (nSPS) is 15.3. The van der Waals surface area contributed by atoms with E-state index in [-0.39, 0.29) is 17.3 Å². The fraction of sp³-hybridized carbons (Fsp3) is 0.214. The van der Waals surface area contributed by atoms with Crippen LogP contribution < -0.4 is 11.1 Å². The summed E-state index contributed by atoms with van der Waals surface area (Å²) in [4.78, 5) is 22.8. The van der Waals surface area contributed by atoms with E-state index in [1.54, 1.807) is 12.2 Å². The molecule has 0 saturated carbocycles. The van der Waals surface area contributed by atoms with Crippen LogP contribution in [0.1, 0.15) is 18.4 Å². The van der Waals surface area contributed by atoms with Crippen LogP contribution in [-0.4, -0.2) is 10.8 Å². The largest absolute Gasteiger partial charge is 0.393 e. The lowest BCUT2D eigenvalue weighted by molar-refractivity contribution is -0.384. The molecule has 1 amide bonds. The molecule has 2 rings (SSSR count). The molecule has 1 aliphatic heterocycles. The van der Waals surface area contributed by atoms with Gasteiger partial charge in [0.2, 0.25) is 5.91 Å². The first-order chi connectivity index (χ1) is 9.46. The molecule has 0 fully saturated rings. The number of benzene rings is 1. The highest BCUT2D eigenvalue weighted by Crippen LogP contribution is 2.46. The van der Waals surface area contributed by atoms with E-state index in [1.807, 2.05) is 0 Å². The Hall–Kier alpha value is -2.63. The third-order valence-corrected chi connectivity index (χ3v) is 3.55.